The molecule has 0 saturated carbocycles. The summed E-state index contributed by atoms with van der Waals surface area (Å²) in [6.07, 6.45) is 1.49. The number of amides is 1. The summed E-state index contributed by atoms with van der Waals surface area (Å²) in [5.41, 5.74) is 8.84. The van der Waals surface area contributed by atoms with Crippen molar-refractivity contribution in [1.29, 1.82) is 0 Å². The van der Waals surface area contributed by atoms with E-state index in [9.17, 15) is 4.79 Å². The zero-order chi connectivity index (χ0) is 20.5. The van der Waals surface area contributed by atoms with Crippen molar-refractivity contribution < 1.29 is 14.3 Å². The number of hydrogen-bond donors (Lipinski definition) is 2. The topological polar surface area (TPSA) is 98.8 Å². The van der Waals surface area contributed by atoms with E-state index >= 15 is 0 Å². The first-order chi connectivity index (χ1) is 14.2. The Morgan fingerprint density at radius 1 is 1.14 bits per heavy atom. The van der Waals surface area contributed by atoms with Crippen LogP contribution in [-0.2, 0) is 9.53 Å². The van der Waals surface area contributed by atoms with Gasteiger partial charge in [-0.2, -0.15) is 0 Å². The Hall–Kier alpha value is -3.45. The number of aliphatic imine (C=N–C) groups is 1. The Kier molecular flexibility index (Phi) is 7.13. The molecule has 2 aromatic carbocycles. The quantitative estimate of drug-likeness (QED) is 0.252. The van der Waals surface area contributed by atoms with E-state index in [0.29, 0.717) is 25.3 Å². The highest BCUT2D eigenvalue weighted by molar-refractivity contribution is 5.97. The van der Waals surface area contributed by atoms with Gasteiger partial charge in [0, 0.05) is 17.6 Å². The van der Waals surface area contributed by atoms with Crippen LogP contribution in [0.3, 0.4) is 0 Å². The van der Waals surface area contributed by atoms with E-state index < -0.39 is 0 Å². The first kappa shape index (κ1) is 20.3. The molecule has 0 fully saturated rings. The molecule has 0 saturated heterocycles. The molecule has 7 heteroatoms. The third-order valence-corrected chi connectivity index (χ3v) is 4.14. The van der Waals surface area contributed by atoms with E-state index in [2.05, 4.69) is 17.2 Å². The van der Waals surface area contributed by atoms with Gasteiger partial charge in [-0.05, 0) is 42.8 Å². The summed E-state index contributed by atoms with van der Waals surface area (Å²) in [6.45, 7) is 3.90. The van der Waals surface area contributed by atoms with Crippen molar-refractivity contribution in [2.24, 2.45) is 10.7 Å². The Labute approximate surface area is 169 Å². The summed E-state index contributed by atoms with van der Waals surface area (Å²) in [4.78, 5) is 19.7. The fraction of sp³-hybridized carbons (Fsp3) is 0.227. The minimum absolute atomic E-state index is 0.0244. The van der Waals surface area contributed by atoms with E-state index in [-0.39, 0.29) is 5.96 Å². The van der Waals surface area contributed by atoms with E-state index in [1.807, 2.05) is 54.6 Å². The lowest BCUT2D eigenvalue weighted by Crippen LogP contribution is -2.29. The predicted molar refractivity (Wildman–Crippen MR) is 114 cm³/mol. The Morgan fingerprint density at radius 3 is 2.69 bits per heavy atom. The number of fused-ring (bicyclic) bond motifs is 1. The van der Waals surface area contributed by atoms with Crippen LogP contribution >= 0.6 is 0 Å². The lowest BCUT2D eigenvalue weighted by atomic mass is 10.1. The summed E-state index contributed by atoms with van der Waals surface area (Å²) in [5, 5.41) is 3.20. The highest BCUT2D eigenvalue weighted by Crippen LogP contribution is 2.30. The number of rotatable bonds is 9. The monoisotopic (exact) mass is 392 g/mol. The molecule has 1 amide bonds. The largest absolute Gasteiger partial charge is 0.491 e. The molecule has 0 aliphatic rings. The van der Waals surface area contributed by atoms with Gasteiger partial charge in [0.15, 0.2) is 5.96 Å². The molecule has 3 N–H and O–H groups in total. The van der Waals surface area contributed by atoms with Crippen LogP contribution in [0, 0.1) is 0 Å². The van der Waals surface area contributed by atoms with E-state index in [1.165, 1.54) is 0 Å². The molecule has 3 aromatic rings. The molecule has 1 heterocycles. The summed E-state index contributed by atoms with van der Waals surface area (Å²) in [5.74, 6) is 0.795. The molecule has 0 atom stereocenters. The average molecular weight is 392 g/mol. The summed E-state index contributed by atoms with van der Waals surface area (Å²) in [6, 6.07) is 17.2. The molecule has 0 radical (unpaired) electrons. The maximum Gasteiger partial charge on any atom is 0.213 e. The number of carbonyl (C=O) groups is 1. The van der Waals surface area contributed by atoms with Crippen molar-refractivity contribution in [1.82, 2.24) is 10.3 Å². The number of hydrogen-bond acceptors (Lipinski definition) is 5. The van der Waals surface area contributed by atoms with E-state index in [1.54, 1.807) is 0 Å². The van der Waals surface area contributed by atoms with Crippen LogP contribution in [0.25, 0.3) is 22.2 Å². The van der Waals surface area contributed by atoms with Crippen molar-refractivity contribution in [3.63, 3.8) is 0 Å². The van der Waals surface area contributed by atoms with Crippen LogP contribution < -0.4 is 15.8 Å². The summed E-state index contributed by atoms with van der Waals surface area (Å²) < 4.78 is 11.1. The maximum absolute atomic E-state index is 10.6. The number of pyridine rings is 1. The van der Waals surface area contributed by atoms with Crippen molar-refractivity contribution in [3.8, 4) is 17.0 Å². The van der Waals surface area contributed by atoms with Crippen LogP contribution in [0.4, 0.5) is 5.69 Å². The van der Waals surface area contributed by atoms with Crippen molar-refractivity contribution in [2.45, 2.75) is 13.3 Å². The lowest BCUT2D eigenvalue weighted by molar-refractivity contribution is -0.108. The smallest absolute Gasteiger partial charge is 0.213 e. The van der Waals surface area contributed by atoms with Gasteiger partial charge < -0.3 is 15.2 Å². The van der Waals surface area contributed by atoms with Crippen LogP contribution in [0.2, 0.25) is 0 Å². The number of nitrogens with two attached hydrogens (primary N) is 1. The zero-order valence-electron chi connectivity index (χ0n) is 16.3. The standard InChI is InChI=1S/C22H24N4O3/c1-2-11-28-12-13-29-17-9-7-16(8-10-17)20-14-21(26-22(23)24-15-27)18-5-3-4-6-19(18)25-20/h3-10,14-15H,2,11-13H2,1H3,(H3,23,24,25,26,27). The van der Waals surface area contributed by atoms with Gasteiger partial charge in [0.1, 0.15) is 12.4 Å². The van der Waals surface area contributed by atoms with Crippen LogP contribution in [0.5, 0.6) is 5.75 Å². The predicted octanol–water partition coefficient (Wildman–Crippen LogP) is 3.40. The second-order valence-corrected chi connectivity index (χ2v) is 6.29. The molecule has 7 nitrogen and oxygen atoms in total. The van der Waals surface area contributed by atoms with E-state index in [0.717, 1.165) is 40.9 Å². The third kappa shape index (κ3) is 5.52. The first-order valence-corrected chi connectivity index (χ1v) is 9.46. The number of benzene rings is 2. The van der Waals surface area contributed by atoms with Gasteiger partial charge in [-0.3, -0.25) is 10.1 Å². The molecule has 0 bridgehead atoms. The number of nitrogens with zero attached hydrogens (tertiary/aromatic N) is 2. The molecule has 29 heavy (non-hydrogen) atoms. The fourth-order valence-corrected chi connectivity index (χ4v) is 2.81. The van der Waals surface area contributed by atoms with Crippen molar-refractivity contribution in [2.75, 3.05) is 19.8 Å². The van der Waals surface area contributed by atoms with Crippen LogP contribution in [0.15, 0.2) is 59.6 Å². The van der Waals surface area contributed by atoms with Gasteiger partial charge in [-0.15, -0.1) is 0 Å². The van der Waals surface area contributed by atoms with Gasteiger partial charge in [0.05, 0.1) is 23.5 Å². The number of aromatic nitrogens is 1. The molecule has 1 aromatic heterocycles. The molecule has 0 aliphatic carbocycles. The molecular formula is C22H24N4O3. The maximum atomic E-state index is 10.6. The first-order valence-electron chi connectivity index (χ1n) is 9.46. The molecule has 0 aliphatic heterocycles. The van der Waals surface area contributed by atoms with E-state index in [4.69, 9.17) is 20.2 Å². The van der Waals surface area contributed by atoms with Gasteiger partial charge >= 0.3 is 0 Å². The number of ether oxygens (including phenoxy) is 2. The van der Waals surface area contributed by atoms with Crippen molar-refractivity contribution >= 4 is 29.0 Å². The van der Waals surface area contributed by atoms with Crippen LogP contribution in [-0.4, -0.2) is 37.2 Å². The minimum atomic E-state index is 0.0244. The highest BCUT2D eigenvalue weighted by atomic mass is 16.5. The molecule has 3 rings (SSSR count). The third-order valence-electron chi connectivity index (χ3n) is 4.14. The Bertz CT molecular complexity index is 987. The number of nitrogens with one attached hydrogen (secondary N) is 1. The second kappa shape index (κ2) is 10.2. The molecule has 0 spiro atoms. The summed E-state index contributed by atoms with van der Waals surface area (Å²) >= 11 is 0. The zero-order valence-corrected chi connectivity index (χ0v) is 16.3. The molecule has 0 unspecified atom stereocenters. The average Bonchev–Trinajstić information content (AvgIpc) is 2.74. The number of para-hydroxylation sites is 1. The number of guanidine groups is 1. The van der Waals surface area contributed by atoms with Gasteiger partial charge in [0.2, 0.25) is 6.41 Å². The molecular weight excluding hydrogens is 368 g/mol. The Morgan fingerprint density at radius 2 is 1.93 bits per heavy atom. The second-order valence-electron chi connectivity index (χ2n) is 6.29. The van der Waals surface area contributed by atoms with Crippen LogP contribution in [0.1, 0.15) is 13.3 Å². The minimum Gasteiger partial charge on any atom is -0.491 e. The van der Waals surface area contributed by atoms with Gasteiger partial charge in [-0.25, -0.2) is 9.98 Å². The molecule has 150 valence electrons. The highest BCUT2D eigenvalue weighted by Gasteiger charge is 2.08. The lowest BCUT2D eigenvalue weighted by Gasteiger charge is -2.09. The number of carbonyl (C=O) groups excluding carboxylic acids is 1. The summed E-state index contributed by atoms with van der Waals surface area (Å²) in [7, 11) is 0. The normalized spacial score (nSPS) is 11.4. The fourth-order valence-electron chi connectivity index (χ4n) is 2.81. The van der Waals surface area contributed by atoms with Crippen molar-refractivity contribution in [3.05, 3.63) is 54.6 Å². The Balaban J connectivity index is 1.84. The SMILES string of the molecule is CCCOCCOc1ccc(-c2cc(N=C(N)NC=O)c3ccccc3n2)cc1. The van der Waals surface area contributed by atoms with Gasteiger partial charge in [0.25, 0.3) is 0 Å². The van der Waals surface area contributed by atoms with Gasteiger partial charge in [-0.1, -0.05) is 25.1 Å².